The number of aliphatic hydroxyl groups is 2. The fraction of sp³-hybridized carbons (Fsp3) is 0.667. The van der Waals surface area contributed by atoms with Gasteiger partial charge in [0, 0.05) is 30.3 Å². The molecule has 0 aromatic carbocycles. The van der Waals surface area contributed by atoms with Crippen molar-refractivity contribution >= 4 is 17.3 Å². The van der Waals surface area contributed by atoms with E-state index in [1.54, 1.807) is 6.08 Å². The molecule has 0 spiro atoms. The van der Waals surface area contributed by atoms with Gasteiger partial charge in [0.25, 0.3) is 0 Å². The summed E-state index contributed by atoms with van der Waals surface area (Å²) in [7, 11) is 0. The number of ether oxygens (including phenoxy) is 1. The zero-order chi connectivity index (χ0) is 24.3. The van der Waals surface area contributed by atoms with E-state index in [0.717, 1.165) is 32.1 Å². The summed E-state index contributed by atoms with van der Waals surface area (Å²) in [6.45, 7) is 7.43. The van der Waals surface area contributed by atoms with E-state index < -0.39 is 29.3 Å². The summed E-state index contributed by atoms with van der Waals surface area (Å²) in [6, 6.07) is 0. The molecule has 6 atom stereocenters. The average Bonchev–Trinajstić information content (AvgIpc) is 2.73. The Kier molecular flexibility index (Phi) is 8.12. The number of aliphatic hydroxyl groups excluding tert-OH is 1. The second-order valence-electron chi connectivity index (χ2n) is 10.3. The van der Waals surface area contributed by atoms with Crippen LogP contribution in [0.3, 0.4) is 0 Å². The second-order valence-corrected chi connectivity index (χ2v) is 10.3. The molecule has 3 aliphatic rings. The van der Waals surface area contributed by atoms with Gasteiger partial charge in [-0.25, -0.2) is 0 Å². The number of carbonyl (C=O) groups is 3. The lowest BCUT2D eigenvalue weighted by Gasteiger charge is -2.39. The van der Waals surface area contributed by atoms with Crippen LogP contribution < -0.4 is 0 Å². The predicted octanol–water partition coefficient (Wildman–Crippen LogP) is 4.20. The molecule has 6 nitrogen and oxygen atoms in total. The van der Waals surface area contributed by atoms with E-state index in [2.05, 4.69) is 6.92 Å². The standard InChI is InChI=1S/C27H38O6/c1-5-6-7-8-9-16(2)22(29)14-21-20-15-33-24(11-18(20)12-25(31)27(21,4)32)26-17(3)10-19(28)13-23(26)30/h11-12,15-17,19,21,26,28,32H,5-10,13-14H2,1-4H3. The Morgan fingerprint density at radius 1 is 1.24 bits per heavy atom. The summed E-state index contributed by atoms with van der Waals surface area (Å²) in [4.78, 5) is 38.4. The van der Waals surface area contributed by atoms with Gasteiger partial charge in [0.2, 0.25) is 0 Å². The minimum atomic E-state index is -1.69. The average molecular weight is 459 g/mol. The molecule has 0 amide bonds. The Balaban J connectivity index is 1.78. The first-order chi connectivity index (χ1) is 15.6. The number of unbranched alkanes of at least 4 members (excludes halogenated alkanes) is 3. The number of ketones is 3. The van der Waals surface area contributed by atoms with Crippen molar-refractivity contribution < 1.29 is 29.3 Å². The number of hydrogen-bond donors (Lipinski definition) is 2. The van der Waals surface area contributed by atoms with Gasteiger partial charge in [-0.3, -0.25) is 14.4 Å². The number of hydrogen-bond acceptors (Lipinski definition) is 6. The minimum absolute atomic E-state index is 0.0339. The van der Waals surface area contributed by atoms with E-state index >= 15 is 0 Å². The molecule has 3 rings (SSSR count). The van der Waals surface area contributed by atoms with Crippen LogP contribution in [0.15, 0.2) is 35.3 Å². The molecule has 2 aliphatic carbocycles. The number of allylic oxidation sites excluding steroid dienone is 3. The lowest BCUT2D eigenvalue weighted by Crippen LogP contribution is -2.47. The molecule has 1 heterocycles. The van der Waals surface area contributed by atoms with Crippen LogP contribution in [-0.2, 0) is 19.1 Å². The summed E-state index contributed by atoms with van der Waals surface area (Å²) >= 11 is 0. The molecule has 0 aromatic rings. The van der Waals surface area contributed by atoms with Crippen molar-refractivity contribution in [2.75, 3.05) is 0 Å². The molecule has 182 valence electrons. The number of Topliss-reactive ketones (excluding diaryl/α,β-unsaturated/α-hetero) is 2. The van der Waals surface area contributed by atoms with Crippen LogP contribution in [0.4, 0.5) is 0 Å². The van der Waals surface area contributed by atoms with Crippen molar-refractivity contribution in [2.45, 2.75) is 90.8 Å². The van der Waals surface area contributed by atoms with E-state index in [9.17, 15) is 24.6 Å². The second kappa shape index (κ2) is 10.5. The zero-order valence-corrected chi connectivity index (χ0v) is 20.3. The largest absolute Gasteiger partial charge is 0.468 e. The molecule has 0 bridgehead atoms. The van der Waals surface area contributed by atoms with Crippen LogP contribution >= 0.6 is 0 Å². The highest BCUT2D eigenvalue weighted by atomic mass is 16.5. The molecular weight excluding hydrogens is 420 g/mol. The monoisotopic (exact) mass is 458 g/mol. The van der Waals surface area contributed by atoms with Gasteiger partial charge in [0.15, 0.2) is 5.78 Å². The van der Waals surface area contributed by atoms with E-state index in [4.69, 9.17) is 4.74 Å². The number of fused-ring (bicyclic) bond motifs is 1. The van der Waals surface area contributed by atoms with Gasteiger partial charge in [0.05, 0.1) is 18.3 Å². The van der Waals surface area contributed by atoms with Gasteiger partial charge in [-0.1, -0.05) is 46.5 Å². The molecule has 0 radical (unpaired) electrons. The first-order valence-electron chi connectivity index (χ1n) is 12.4. The zero-order valence-electron chi connectivity index (χ0n) is 20.3. The first-order valence-corrected chi connectivity index (χ1v) is 12.4. The highest BCUT2D eigenvalue weighted by Crippen LogP contribution is 2.44. The molecule has 33 heavy (non-hydrogen) atoms. The van der Waals surface area contributed by atoms with Crippen LogP contribution in [0.2, 0.25) is 0 Å². The molecule has 1 aliphatic heterocycles. The van der Waals surface area contributed by atoms with Crippen LogP contribution in [0.1, 0.15) is 79.1 Å². The summed E-state index contributed by atoms with van der Waals surface area (Å²) in [5.41, 5.74) is -0.488. The van der Waals surface area contributed by atoms with Crippen molar-refractivity contribution in [3.63, 3.8) is 0 Å². The van der Waals surface area contributed by atoms with Crippen LogP contribution in [0, 0.1) is 23.7 Å². The van der Waals surface area contributed by atoms with Crippen molar-refractivity contribution in [3.05, 3.63) is 35.3 Å². The summed E-state index contributed by atoms with van der Waals surface area (Å²) in [6.07, 6.45) is 9.79. The van der Waals surface area contributed by atoms with Gasteiger partial charge in [-0.15, -0.1) is 0 Å². The van der Waals surface area contributed by atoms with Crippen molar-refractivity contribution in [1.82, 2.24) is 0 Å². The Morgan fingerprint density at radius 2 is 1.97 bits per heavy atom. The molecule has 2 N–H and O–H groups in total. The Bertz CT molecular complexity index is 877. The van der Waals surface area contributed by atoms with Gasteiger partial charge < -0.3 is 14.9 Å². The molecule has 0 aromatic heterocycles. The third-order valence-corrected chi connectivity index (χ3v) is 7.54. The van der Waals surface area contributed by atoms with Gasteiger partial charge in [0.1, 0.15) is 22.9 Å². The van der Waals surface area contributed by atoms with Crippen LogP contribution in [0.25, 0.3) is 0 Å². The summed E-state index contributed by atoms with van der Waals surface area (Å²) in [5.74, 6) is -1.43. The topological polar surface area (TPSA) is 101 Å². The lowest BCUT2D eigenvalue weighted by molar-refractivity contribution is -0.137. The maximum Gasteiger partial charge on any atom is 0.188 e. The maximum absolute atomic E-state index is 13.0. The van der Waals surface area contributed by atoms with Gasteiger partial charge in [-0.05, 0) is 43.4 Å². The van der Waals surface area contributed by atoms with Crippen LogP contribution in [0.5, 0.6) is 0 Å². The smallest absolute Gasteiger partial charge is 0.188 e. The minimum Gasteiger partial charge on any atom is -0.468 e. The van der Waals surface area contributed by atoms with Crippen molar-refractivity contribution in [2.24, 2.45) is 23.7 Å². The van der Waals surface area contributed by atoms with E-state index in [0.29, 0.717) is 23.3 Å². The molecule has 6 heteroatoms. The molecule has 0 saturated heterocycles. The molecule has 6 unspecified atom stereocenters. The normalized spacial score (nSPS) is 32.8. The Morgan fingerprint density at radius 3 is 2.64 bits per heavy atom. The SMILES string of the molecule is CCCCCCC(C)C(=O)CC1C2=COC(C3C(=O)CC(O)CC3C)=CC2=CC(=O)C1(C)O. The molecule has 1 saturated carbocycles. The maximum atomic E-state index is 13.0. The quantitative estimate of drug-likeness (QED) is 0.502. The van der Waals surface area contributed by atoms with E-state index in [1.807, 2.05) is 13.8 Å². The number of carbonyl (C=O) groups excluding carboxylic acids is 3. The summed E-state index contributed by atoms with van der Waals surface area (Å²) in [5, 5.41) is 20.9. The van der Waals surface area contributed by atoms with Crippen molar-refractivity contribution in [1.29, 1.82) is 0 Å². The third-order valence-electron chi connectivity index (χ3n) is 7.54. The first kappa shape index (κ1) is 25.6. The summed E-state index contributed by atoms with van der Waals surface area (Å²) < 4.78 is 5.88. The fourth-order valence-electron chi connectivity index (χ4n) is 5.32. The number of rotatable bonds is 9. The Labute approximate surface area is 196 Å². The van der Waals surface area contributed by atoms with E-state index in [1.165, 1.54) is 19.3 Å². The fourth-order valence-corrected chi connectivity index (χ4v) is 5.32. The lowest BCUT2D eigenvalue weighted by atomic mass is 9.69. The van der Waals surface area contributed by atoms with Gasteiger partial charge in [-0.2, -0.15) is 0 Å². The third kappa shape index (κ3) is 5.55. The molecule has 1 fully saturated rings. The Hall–Kier alpha value is -2.05. The van der Waals surface area contributed by atoms with Crippen LogP contribution in [-0.4, -0.2) is 39.3 Å². The highest BCUT2D eigenvalue weighted by molar-refractivity contribution is 6.01. The van der Waals surface area contributed by atoms with E-state index in [-0.39, 0.29) is 36.2 Å². The predicted molar refractivity (Wildman–Crippen MR) is 125 cm³/mol. The van der Waals surface area contributed by atoms with Gasteiger partial charge >= 0.3 is 0 Å². The molecular formula is C27H38O6. The highest BCUT2D eigenvalue weighted by Gasteiger charge is 2.47. The van der Waals surface area contributed by atoms with Crippen molar-refractivity contribution in [3.8, 4) is 0 Å².